The monoisotopic (exact) mass is 345 g/mol. The van der Waals surface area contributed by atoms with Crippen LogP contribution >= 0.6 is 0 Å². The maximum atomic E-state index is 14.5. The van der Waals surface area contributed by atoms with Crippen LogP contribution in [-0.4, -0.2) is 45.1 Å². The van der Waals surface area contributed by atoms with E-state index >= 15 is 0 Å². The molecule has 2 N–H and O–H groups in total. The summed E-state index contributed by atoms with van der Waals surface area (Å²) < 4.78 is 21.2. The SMILES string of the molecule is CC1CC1Cc1c(C#N)c(F)c2cnc(N[C@@H]3CCOC[C@H]3O)nn12. The fraction of sp³-hybridized carbons (Fsp3) is 0.588. The van der Waals surface area contributed by atoms with Gasteiger partial charge in [-0.25, -0.2) is 13.9 Å². The van der Waals surface area contributed by atoms with Crippen LogP contribution in [0.5, 0.6) is 0 Å². The predicted molar refractivity (Wildman–Crippen MR) is 87.5 cm³/mol. The van der Waals surface area contributed by atoms with Crippen molar-refractivity contribution in [2.24, 2.45) is 11.8 Å². The first-order valence-corrected chi connectivity index (χ1v) is 8.57. The van der Waals surface area contributed by atoms with E-state index in [0.717, 1.165) is 6.42 Å². The van der Waals surface area contributed by atoms with Crippen LogP contribution < -0.4 is 5.32 Å². The van der Waals surface area contributed by atoms with Crippen LogP contribution in [0.25, 0.3) is 5.52 Å². The van der Waals surface area contributed by atoms with Crippen LogP contribution in [0.4, 0.5) is 10.3 Å². The lowest BCUT2D eigenvalue weighted by molar-refractivity contribution is -0.0136. The van der Waals surface area contributed by atoms with Crippen molar-refractivity contribution in [1.82, 2.24) is 14.6 Å². The molecule has 1 saturated heterocycles. The molecule has 1 aliphatic carbocycles. The normalized spacial score (nSPS) is 28.7. The number of nitriles is 1. The van der Waals surface area contributed by atoms with E-state index in [4.69, 9.17) is 4.74 Å². The van der Waals surface area contributed by atoms with Crippen LogP contribution in [0.2, 0.25) is 0 Å². The molecule has 0 aromatic carbocycles. The summed E-state index contributed by atoms with van der Waals surface area (Å²) in [5.74, 6) is 0.803. The lowest BCUT2D eigenvalue weighted by atomic mass is 10.1. The summed E-state index contributed by atoms with van der Waals surface area (Å²) in [4.78, 5) is 4.15. The number of anilines is 1. The molecule has 0 spiro atoms. The highest BCUT2D eigenvalue weighted by Crippen LogP contribution is 2.41. The van der Waals surface area contributed by atoms with E-state index in [1.807, 2.05) is 6.07 Å². The summed E-state index contributed by atoms with van der Waals surface area (Å²) in [6.45, 7) is 2.97. The van der Waals surface area contributed by atoms with Crippen molar-refractivity contribution in [3.05, 3.63) is 23.3 Å². The third-order valence-corrected chi connectivity index (χ3v) is 5.20. The smallest absolute Gasteiger partial charge is 0.241 e. The van der Waals surface area contributed by atoms with Gasteiger partial charge >= 0.3 is 0 Å². The van der Waals surface area contributed by atoms with Crippen molar-refractivity contribution in [3.8, 4) is 6.07 Å². The van der Waals surface area contributed by atoms with Gasteiger partial charge in [0, 0.05) is 6.61 Å². The summed E-state index contributed by atoms with van der Waals surface area (Å²) in [6.07, 6.45) is 3.10. The largest absolute Gasteiger partial charge is 0.389 e. The minimum absolute atomic E-state index is 0.0525. The van der Waals surface area contributed by atoms with Gasteiger partial charge in [0.1, 0.15) is 17.1 Å². The second-order valence-electron chi connectivity index (χ2n) is 6.99. The van der Waals surface area contributed by atoms with Gasteiger partial charge in [0.15, 0.2) is 5.82 Å². The van der Waals surface area contributed by atoms with E-state index in [0.29, 0.717) is 42.9 Å². The highest BCUT2D eigenvalue weighted by atomic mass is 19.1. The number of rotatable bonds is 4. The Bertz CT molecular complexity index is 846. The van der Waals surface area contributed by atoms with Gasteiger partial charge in [-0.15, -0.1) is 5.10 Å². The number of aliphatic hydroxyl groups is 1. The van der Waals surface area contributed by atoms with Crippen molar-refractivity contribution >= 4 is 11.5 Å². The molecule has 7 nitrogen and oxygen atoms in total. The first kappa shape index (κ1) is 16.2. The molecule has 8 heteroatoms. The van der Waals surface area contributed by atoms with Gasteiger partial charge in [-0.3, -0.25) is 0 Å². The Balaban J connectivity index is 1.68. The van der Waals surface area contributed by atoms with Crippen LogP contribution in [0.3, 0.4) is 0 Å². The molecular formula is C17H20FN5O2. The van der Waals surface area contributed by atoms with Crippen LogP contribution in [0.1, 0.15) is 31.0 Å². The number of aliphatic hydroxyl groups excluding tert-OH is 1. The van der Waals surface area contributed by atoms with E-state index in [2.05, 4.69) is 22.3 Å². The molecule has 2 aromatic rings. The highest BCUT2D eigenvalue weighted by Gasteiger charge is 2.35. The summed E-state index contributed by atoms with van der Waals surface area (Å²) >= 11 is 0. The van der Waals surface area contributed by atoms with Crippen LogP contribution in [-0.2, 0) is 11.2 Å². The molecule has 132 valence electrons. The molecule has 0 radical (unpaired) electrons. The summed E-state index contributed by atoms with van der Waals surface area (Å²) in [5.41, 5.74) is 0.858. The number of aromatic nitrogens is 3. The second-order valence-corrected chi connectivity index (χ2v) is 6.99. The van der Waals surface area contributed by atoms with Crippen molar-refractivity contribution < 1.29 is 14.2 Å². The summed E-state index contributed by atoms with van der Waals surface area (Å²) in [6, 6.07) is 1.75. The van der Waals surface area contributed by atoms with E-state index in [9.17, 15) is 14.8 Å². The molecule has 4 atom stereocenters. The lowest BCUT2D eigenvalue weighted by Crippen LogP contribution is -2.42. The van der Waals surface area contributed by atoms with E-state index in [1.165, 1.54) is 10.7 Å². The van der Waals surface area contributed by atoms with E-state index in [-0.39, 0.29) is 23.7 Å². The molecule has 0 amide bonds. The zero-order valence-corrected chi connectivity index (χ0v) is 13.9. The first-order chi connectivity index (χ1) is 12.1. The number of hydrogen-bond acceptors (Lipinski definition) is 6. The molecule has 1 saturated carbocycles. The number of hydrogen-bond donors (Lipinski definition) is 2. The molecule has 2 aromatic heterocycles. The van der Waals surface area contributed by atoms with Gasteiger partial charge in [-0.1, -0.05) is 6.92 Å². The Morgan fingerprint density at radius 2 is 2.36 bits per heavy atom. The van der Waals surface area contributed by atoms with Crippen molar-refractivity contribution in [2.75, 3.05) is 18.5 Å². The van der Waals surface area contributed by atoms with Gasteiger partial charge < -0.3 is 15.2 Å². The molecule has 2 aliphatic rings. The minimum atomic E-state index is -0.643. The van der Waals surface area contributed by atoms with Crippen LogP contribution in [0, 0.1) is 29.0 Å². The third kappa shape index (κ3) is 2.94. The maximum Gasteiger partial charge on any atom is 0.241 e. The first-order valence-electron chi connectivity index (χ1n) is 8.57. The Morgan fingerprint density at radius 1 is 1.56 bits per heavy atom. The molecule has 1 aliphatic heterocycles. The number of ether oxygens (including phenoxy) is 1. The number of halogens is 1. The Morgan fingerprint density at radius 3 is 3.04 bits per heavy atom. The molecule has 2 fully saturated rings. The maximum absolute atomic E-state index is 14.5. The summed E-state index contributed by atoms with van der Waals surface area (Å²) in [5, 5.41) is 26.8. The fourth-order valence-electron chi connectivity index (χ4n) is 3.42. The average molecular weight is 345 g/mol. The zero-order valence-electron chi connectivity index (χ0n) is 13.9. The van der Waals surface area contributed by atoms with Crippen LogP contribution in [0.15, 0.2) is 6.20 Å². The molecule has 2 unspecified atom stereocenters. The highest BCUT2D eigenvalue weighted by molar-refractivity contribution is 5.58. The minimum Gasteiger partial charge on any atom is -0.389 e. The lowest BCUT2D eigenvalue weighted by Gasteiger charge is -2.28. The van der Waals surface area contributed by atoms with Gasteiger partial charge in [-0.2, -0.15) is 5.26 Å². The van der Waals surface area contributed by atoms with Crippen molar-refractivity contribution in [3.63, 3.8) is 0 Å². The molecule has 25 heavy (non-hydrogen) atoms. The third-order valence-electron chi connectivity index (χ3n) is 5.20. The summed E-state index contributed by atoms with van der Waals surface area (Å²) in [7, 11) is 0. The number of fused-ring (bicyclic) bond motifs is 1. The molecular weight excluding hydrogens is 325 g/mol. The fourth-order valence-corrected chi connectivity index (χ4v) is 3.42. The topological polar surface area (TPSA) is 95.5 Å². The quantitative estimate of drug-likeness (QED) is 0.872. The van der Waals surface area contributed by atoms with E-state index in [1.54, 1.807) is 0 Å². The van der Waals surface area contributed by atoms with Gasteiger partial charge in [-0.05, 0) is 31.1 Å². The molecule has 4 rings (SSSR count). The van der Waals surface area contributed by atoms with Gasteiger partial charge in [0.25, 0.3) is 0 Å². The van der Waals surface area contributed by atoms with Crippen molar-refractivity contribution in [1.29, 1.82) is 5.26 Å². The van der Waals surface area contributed by atoms with E-state index < -0.39 is 11.9 Å². The van der Waals surface area contributed by atoms with Gasteiger partial charge in [0.2, 0.25) is 5.95 Å². The number of nitrogens with one attached hydrogen (secondary N) is 1. The van der Waals surface area contributed by atoms with Gasteiger partial charge in [0.05, 0.1) is 30.6 Å². The second kappa shape index (κ2) is 6.24. The molecule has 3 heterocycles. The number of nitrogens with zero attached hydrogens (tertiary/aromatic N) is 4. The Hall–Kier alpha value is -2.24. The standard InChI is InChI=1S/C17H20FN5O2/c1-9-4-10(9)5-13-11(6-19)16(18)14-7-20-17(22-23(13)14)21-12-2-3-25-8-15(12)24/h7,9-10,12,15,24H,2-5,8H2,1H3,(H,21,22)/t9?,10?,12-,15-/m1/s1. The molecule has 0 bridgehead atoms. The predicted octanol–water partition coefficient (Wildman–Crippen LogP) is 1.50. The van der Waals surface area contributed by atoms with Crippen molar-refractivity contribution in [2.45, 2.75) is 38.3 Å². The Labute approximate surface area is 144 Å². The zero-order chi connectivity index (χ0) is 17.6. The Kier molecular flexibility index (Phi) is 4.06. The average Bonchev–Trinajstić information content (AvgIpc) is 3.24.